The van der Waals surface area contributed by atoms with Gasteiger partial charge in [0.05, 0.1) is 18.3 Å². The van der Waals surface area contributed by atoms with Crippen LogP contribution in [-0.2, 0) is 4.74 Å². The molecule has 1 atom stereocenters. The molecule has 1 heterocycles. The lowest BCUT2D eigenvalue weighted by Gasteiger charge is -2.10. The van der Waals surface area contributed by atoms with E-state index in [1.807, 2.05) is 18.2 Å². The van der Waals surface area contributed by atoms with Crippen LogP contribution in [0.1, 0.15) is 25.1 Å². The number of aromatic nitrogens is 1. The minimum atomic E-state index is -0.104. The normalized spacial score (nSPS) is 12.8. The van der Waals surface area contributed by atoms with E-state index in [0.29, 0.717) is 6.61 Å². The average molecular weight is 180 g/mol. The molecule has 1 rings (SSSR count). The lowest BCUT2D eigenvalue weighted by atomic mass is 10.2. The fraction of sp³-hybridized carbons (Fsp3) is 0.500. The third-order valence-electron chi connectivity index (χ3n) is 1.71. The van der Waals surface area contributed by atoms with Crippen molar-refractivity contribution >= 4 is 0 Å². The van der Waals surface area contributed by atoms with Gasteiger partial charge in [0.15, 0.2) is 0 Å². The first kappa shape index (κ1) is 10.2. The van der Waals surface area contributed by atoms with Gasteiger partial charge in [-0.05, 0) is 18.6 Å². The van der Waals surface area contributed by atoms with Gasteiger partial charge in [-0.3, -0.25) is 4.98 Å². The Kier molecular flexibility index (Phi) is 4.43. The molecular formula is C10H16N2O. The van der Waals surface area contributed by atoms with Gasteiger partial charge in [-0.2, -0.15) is 0 Å². The first-order valence-electron chi connectivity index (χ1n) is 4.59. The molecule has 3 heteroatoms. The summed E-state index contributed by atoms with van der Waals surface area (Å²) >= 11 is 0. The summed E-state index contributed by atoms with van der Waals surface area (Å²) in [6.45, 7) is 3.39. The van der Waals surface area contributed by atoms with E-state index >= 15 is 0 Å². The fourth-order valence-electron chi connectivity index (χ4n) is 1.04. The van der Waals surface area contributed by atoms with Gasteiger partial charge in [0.1, 0.15) is 0 Å². The van der Waals surface area contributed by atoms with Gasteiger partial charge in [-0.15, -0.1) is 0 Å². The molecule has 0 bridgehead atoms. The van der Waals surface area contributed by atoms with Crippen molar-refractivity contribution in [2.24, 2.45) is 5.73 Å². The molecule has 1 aromatic rings. The van der Waals surface area contributed by atoms with Gasteiger partial charge >= 0.3 is 0 Å². The Morgan fingerprint density at radius 2 is 2.38 bits per heavy atom. The maximum Gasteiger partial charge on any atom is 0.0707 e. The molecule has 0 saturated heterocycles. The Balaban J connectivity index is 2.35. The third kappa shape index (κ3) is 3.53. The van der Waals surface area contributed by atoms with Crippen LogP contribution >= 0.6 is 0 Å². The highest BCUT2D eigenvalue weighted by Crippen LogP contribution is 2.05. The number of nitrogens with two attached hydrogens (primary N) is 1. The molecule has 13 heavy (non-hydrogen) atoms. The first-order chi connectivity index (χ1) is 6.34. The Bertz CT molecular complexity index is 226. The summed E-state index contributed by atoms with van der Waals surface area (Å²) in [4.78, 5) is 4.15. The van der Waals surface area contributed by atoms with E-state index in [2.05, 4.69) is 11.9 Å². The SMILES string of the molecule is CCCOCC(N)c1ccccn1. The van der Waals surface area contributed by atoms with E-state index in [-0.39, 0.29) is 6.04 Å². The summed E-state index contributed by atoms with van der Waals surface area (Å²) in [6.07, 6.45) is 2.77. The second-order valence-corrected chi connectivity index (χ2v) is 2.94. The van der Waals surface area contributed by atoms with Gasteiger partial charge < -0.3 is 10.5 Å². The smallest absolute Gasteiger partial charge is 0.0707 e. The van der Waals surface area contributed by atoms with Crippen LogP contribution in [0.25, 0.3) is 0 Å². The van der Waals surface area contributed by atoms with Crippen LogP contribution in [0.3, 0.4) is 0 Å². The Labute approximate surface area is 78.9 Å². The maximum absolute atomic E-state index is 5.85. The summed E-state index contributed by atoms with van der Waals surface area (Å²) in [7, 11) is 0. The zero-order chi connectivity index (χ0) is 9.52. The standard InChI is InChI=1S/C10H16N2O/c1-2-7-13-8-9(11)10-5-3-4-6-12-10/h3-6,9H,2,7-8,11H2,1H3. The summed E-state index contributed by atoms with van der Waals surface area (Å²) in [6, 6.07) is 5.62. The van der Waals surface area contributed by atoms with Crippen LogP contribution in [0.15, 0.2) is 24.4 Å². The molecule has 0 amide bonds. The summed E-state index contributed by atoms with van der Waals surface area (Å²) in [5, 5.41) is 0. The van der Waals surface area contributed by atoms with E-state index in [0.717, 1.165) is 18.7 Å². The molecule has 3 nitrogen and oxygen atoms in total. The number of pyridine rings is 1. The van der Waals surface area contributed by atoms with E-state index in [1.54, 1.807) is 6.20 Å². The van der Waals surface area contributed by atoms with Crippen LogP contribution < -0.4 is 5.73 Å². The summed E-state index contributed by atoms with van der Waals surface area (Å²) in [5.74, 6) is 0. The number of ether oxygens (including phenoxy) is 1. The quantitative estimate of drug-likeness (QED) is 0.699. The van der Waals surface area contributed by atoms with E-state index < -0.39 is 0 Å². The van der Waals surface area contributed by atoms with Crippen LogP contribution in [-0.4, -0.2) is 18.2 Å². The van der Waals surface area contributed by atoms with Crippen molar-refractivity contribution in [2.45, 2.75) is 19.4 Å². The van der Waals surface area contributed by atoms with Crippen LogP contribution in [0.5, 0.6) is 0 Å². The minimum Gasteiger partial charge on any atom is -0.379 e. The van der Waals surface area contributed by atoms with Gasteiger partial charge in [-0.1, -0.05) is 13.0 Å². The third-order valence-corrected chi connectivity index (χ3v) is 1.71. The fourth-order valence-corrected chi connectivity index (χ4v) is 1.04. The summed E-state index contributed by atoms with van der Waals surface area (Å²) < 4.78 is 5.33. The zero-order valence-corrected chi connectivity index (χ0v) is 7.94. The summed E-state index contributed by atoms with van der Waals surface area (Å²) in [5.41, 5.74) is 6.74. The molecule has 2 N–H and O–H groups in total. The van der Waals surface area contributed by atoms with Gasteiger partial charge in [-0.25, -0.2) is 0 Å². The molecule has 72 valence electrons. The lowest BCUT2D eigenvalue weighted by molar-refractivity contribution is 0.121. The molecule has 0 aliphatic carbocycles. The van der Waals surface area contributed by atoms with E-state index in [9.17, 15) is 0 Å². The second kappa shape index (κ2) is 5.67. The van der Waals surface area contributed by atoms with E-state index in [1.165, 1.54) is 0 Å². The highest BCUT2D eigenvalue weighted by molar-refractivity contribution is 5.07. The van der Waals surface area contributed by atoms with Crippen molar-refractivity contribution in [3.05, 3.63) is 30.1 Å². The molecule has 0 saturated carbocycles. The molecule has 0 radical (unpaired) electrons. The van der Waals surface area contributed by atoms with E-state index in [4.69, 9.17) is 10.5 Å². The number of hydrogen-bond acceptors (Lipinski definition) is 3. The second-order valence-electron chi connectivity index (χ2n) is 2.94. The highest BCUT2D eigenvalue weighted by atomic mass is 16.5. The number of rotatable bonds is 5. The van der Waals surface area contributed by atoms with Crippen molar-refractivity contribution in [3.8, 4) is 0 Å². The van der Waals surface area contributed by atoms with Gasteiger partial charge in [0.25, 0.3) is 0 Å². The highest BCUT2D eigenvalue weighted by Gasteiger charge is 2.05. The molecular weight excluding hydrogens is 164 g/mol. The van der Waals surface area contributed by atoms with Crippen molar-refractivity contribution in [3.63, 3.8) is 0 Å². The Hall–Kier alpha value is -0.930. The van der Waals surface area contributed by atoms with Crippen molar-refractivity contribution in [1.29, 1.82) is 0 Å². The average Bonchev–Trinajstić information content (AvgIpc) is 2.19. The monoisotopic (exact) mass is 180 g/mol. The largest absolute Gasteiger partial charge is 0.379 e. The first-order valence-corrected chi connectivity index (χ1v) is 4.59. The molecule has 0 aromatic carbocycles. The van der Waals surface area contributed by atoms with Crippen molar-refractivity contribution < 1.29 is 4.74 Å². The van der Waals surface area contributed by atoms with Gasteiger partial charge in [0, 0.05) is 12.8 Å². The number of nitrogens with zero attached hydrogens (tertiary/aromatic N) is 1. The molecule has 1 aromatic heterocycles. The van der Waals surface area contributed by atoms with Crippen LogP contribution in [0.2, 0.25) is 0 Å². The van der Waals surface area contributed by atoms with Crippen LogP contribution in [0, 0.1) is 0 Å². The Morgan fingerprint density at radius 3 is 3.00 bits per heavy atom. The topological polar surface area (TPSA) is 48.1 Å². The van der Waals surface area contributed by atoms with Gasteiger partial charge in [0.2, 0.25) is 0 Å². The zero-order valence-electron chi connectivity index (χ0n) is 7.94. The maximum atomic E-state index is 5.85. The molecule has 1 unspecified atom stereocenters. The Morgan fingerprint density at radius 1 is 1.54 bits per heavy atom. The van der Waals surface area contributed by atoms with Crippen LogP contribution in [0.4, 0.5) is 0 Å². The predicted octanol–water partition coefficient (Wildman–Crippen LogP) is 1.51. The molecule has 0 spiro atoms. The van der Waals surface area contributed by atoms with Crippen molar-refractivity contribution in [2.75, 3.05) is 13.2 Å². The molecule has 0 fully saturated rings. The molecule has 0 aliphatic rings. The van der Waals surface area contributed by atoms with Crippen molar-refractivity contribution in [1.82, 2.24) is 4.98 Å². The predicted molar refractivity (Wildman–Crippen MR) is 52.3 cm³/mol. The number of hydrogen-bond donors (Lipinski definition) is 1. The molecule has 0 aliphatic heterocycles. The lowest BCUT2D eigenvalue weighted by Crippen LogP contribution is -2.18. The minimum absolute atomic E-state index is 0.104.